The Morgan fingerprint density at radius 3 is 2.85 bits per heavy atom. The number of amides is 1. The number of benzene rings is 1. The average Bonchev–Trinajstić information content (AvgIpc) is 2.57. The molecule has 20 heavy (non-hydrogen) atoms. The average molecular weight is 279 g/mol. The molecule has 0 spiro atoms. The van der Waals surface area contributed by atoms with Gasteiger partial charge in [-0.05, 0) is 13.0 Å². The molecular weight excluding hydrogens is 261 g/mol. The molecule has 1 fully saturated rings. The highest BCUT2D eigenvalue weighted by molar-refractivity contribution is 5.94. The molecule has 1 aromatic carbocycles. The van der Waals surface area contributed by atoms with E-state index in [1.54, 1.807) is 13.0 Å². The van der Waals surface area contributed by atoms with Crippen LogP contribution in [0.5, 0.6) is 5.75 Å². The van der Waals surface area contributed by atoms with Gasteiger partial charge in [0.05, 0.1) is 12.1 Å². The summed E-state index contributed by atoms with van der Waals surface area (Å²) in [4.78, 5) is 13.8. The van der Waals surface area contributed by atoms with Crippen molar-refractivity contribution in [2.24, 2.45) is 0 Å². The molecule has 0 radical (unpaired) electrons. The van der Waals surface area contributed by atoms with Crippen LogP contribution in [-0.2, 0) is 4.79 Å². The molecule has 0 saturated carbocycles. The smallest absolute Gasteiger partial charge is 0.228 e. The fourth-order valence-electron chi connectivity index (χ4n) is 2.60. The highest BCUT2D eigenvalue weighted by Crippen LogP contribution is 2.36. The summed E-state index contributed by atoms with van der Waals surface area (Å²) in [5, 5.41) is 5.98. The van der Waals surface area contributed by atoms with Gasteiger partial charge in [-0.3, -0.25) is 4.79 Å². The molecule has 0 aliphatic carbocycles. The van der Waals surface area contributed by atoms with Crippen LogP contribution in [0.2, 0.25) is 0 Å². The Kier molecular flexibility index (Phi) is 3.48. The van der Waals surface area contributed by atoms with E-state index in [0.29, 0.717) is 5.69 Å². The van der Waals surface area contributed by atoms with Crippen LogP contribution in [0.1, 0.15) is 13.3 Å². The maximum Gasteiger partial charge on any atom is 0.228 e. The molecule has 2 aliphatic rings. The number of halogens is 1. The van der Waals surface area contributed by atoms with Crippen LogP contribution in [0.15, 0.2) is 12.1 Å². The molecule has 0 bridgehead atoms. The lowest BCUT2D eigenvalue weighted by Gasteiger charge is -2.30. The quantitative estimate of drug-likeness (QED) is 0.814. The second-order valence-electron chi connectivity index (χ2n) is 5.22. The van der Waals surface area contributed by atoms with Crippen LogP contribution in [0.3, 0.4) is 0 Å². The molecular formula is C14H18FN3O2. The lowest BCUT2D eigenvalue weighted by molar-refractivity contribution is -0.117. The number of nitrogens with one attached hydrogen (secondary N) is 2. The number of nitrogens with zero attached hydrogens (tertiary/aromatic N) is 1. The van der Waals surface area contributed by atoms with E-state index in [1.807, 2.05) is 0 Å². The van der Waals surface area contributed by atoms with E-state index in [0.717, 1.165) is 31.9 Å². The summed E-state index contributed by atoms with van der Waals surface area (Å²) < 4.78 is 19.8. The van der Waals surface area contributed by atoms with E-state index in [9.17, 15) is 9.18 Å². The third-order valence-corrected chi connectivity index (χ3v) is 3.58. The van der Waals surface area contributed by atoms with Crippen molar-refractivity contribution in [1.29, 1.82) is 0 Å². The van der Waals surface area contributed by atoms with Gasteiger partial charge in [-0.2, -0.15) is 0 Å². The van der Waals surface area contributed by atoms with Crippen LogP contribution >= 0.6 is 0 Å². The Morgan fingerprint density at radius 2 is 2.10 bits per heavy atom. The van der Waals surface area contributed by atoms with Crippen LogP contribution in [0.25, 0.3) is 0 Å². The van der Waals surface area contributed by atoms with E-state index in [2.05, 4.69) is 15.5 Å². The summed E-state index contributed by atoms with van der Waals surface area (Å²) in [6.07, 6.45) is -0.0901. The zero-order valence-corrected chi connectivity index (χ0v) is 11.4. The summed E-state index contributed by atoms with van der Waals surface area (Å²) in [5.74, 6) is -0.430. The molecule has 2 N–H and O–H groups in total. The van der Waals surface area contributed by atoms with Crippen molar-refractivity contribution in [2.75, 3.05) is 36.4 Å². The van der Waals surface area contributed by atoms with E-state index in [-0.39, 0.29) is 24.2 Å². The number of carbonyl (C=O) groups is 1. The van der Waals surface area contributed by atoms with Crippen molar-refractivity contribution >= 4 is 17.3 Å². The number of rotatable bonds is 1. The molecule has 1 aromatic rings. The largest absolute Gasteiger partial charge is 0.485 e. The monoisotopic (exact) mass is 279 g/mol. The second kappa shape index (κ2) is 5.28. The van der Waals surface area contributed by atoms with E-state index in [1.165, 1.54) is 6.07 Å². The molecule has 6 heteroatoms. The molecule has 1 atom stereocenters. The predicted molar refractivity (Wildman–Crippen MR) is 74.8 cm³/mol. The minimum Gasteiger partial charge on any atom is -0.485 e. The Labute approximate surface area is 117 Å². The van der Waals surface area contributed by atoms with Gasteiger partial charge >= 0.3 is 0 Å². The Bertz CT molecular complexity index is 529. The topological polar surface area (TPSA) is 53.6 Å². The molecule has 108 valence electrons. The molecule has 2 heterocycles. The van der Waals surface area contributed by atoms with Crippen molar-refractivity contribution in [3.05, 3.63) is 17.9 Å². The minimum absolute atomic E-state index is 0.141. The zero-order valence-electron chi connectivity index (χ0n) is 11.4. The summed E-state index contributed by atoms with van der Waals surface area (Å²) in [6, 6.07) is 3.27. The Hall–Kier alpha value is -1.82. The first-order chi connectivity index (χ1) is 9.63. The van der Waals surface area contributed by atoms with Gasteiger partial charge in [-0.1, -0.05) is 0 Å². The van der Waals surface area contributed by atoms with Gasteiger partial charge in [0.15, 0.2) is 11.6 Å². The van der Waals surface area contributed by atoms with Gasteiger partial charge in [0.2, 0.25) is 5.91 Å². The van der Waals surface area contributed by atoms with Gasteiger partial charge in [0, 0.05) is 37.9 Å². The fraction of sp³-hybridized carbons (Fsp3) is 0.500. The molecule has 1 amide bonds. The number of carbonyl (C=O) groups excluding carboxylic acids is 1. The van der Waals surface area contributed by atoms with Crippen LogP contribution in [-0.4, -0.2) is 38.2 Å². The third-order valence-electron chi connectivity index (χ3n) is 3.58. The minimum atomic E-state index is -0.426. The molecule has 1 saturated heterocycles. The predicted octanol–water partition coefficient (Wildman–Crippen LogP) is 1.34. The summed E-state index contributed by atoms with van der Waals surface area (Å²) in [5.41, 5.74) is 1.20. The van der Waals surface area contributed by atoms with E-state index < -0.39 is 5.82 Å². The van der Waals surface area contributed by atoms with Crippen LogP contribution in [0, 0.1) is 5.82 Å². The van der Waals surface area contributed by atoms with Gasteiger partial charge in [0.1, 0.15) is 6.10 Å². The van der Waals surface area contributed by atoms with Crippen LogP contribution in [0.4, 0.5) is 15.8 Å². The van der Waals surface area contributed by atoms with Gasteiger partial charge < -0.3 is 20.3 Å². The number of ether oxygens (including phenoxy) is 1. The zero-order chi connectivity index (χ0) is 14.1. The van der Waals surface area contributed by atoms with Gasteiger partial charge in [-0.15, -0.1) is 0 Å². The van der Waals surface area contributed by atoms with Crippen molar-refractivity contribution in [3.8, 4) is 5.75 Å². The number of hydrogen-bond acceptors (Lipinski definition) is 4. The molecule has 0 aromatic heterocycles. The van der Waals surface area contributed by atoms with Crippen molar-refractivity contribution in [1.82, 2.24) is 5.32 Å². The first-order valence-electron chi connectivity index (χ1n) is 6.89. The summed E-state index contributed by atoms with van der Waals surface area (Å²) >= 11 is 0. The standard InChI is InChI=1S/C14H18FN3O2/c1-9-6-13(19)17-12-8-10(7-11(15)14(12)20-9)18-4-2-16-3-5-18/h7-9,16H,2-6H2,1H3,(H,17,19). The van der Waals surface area contributed by atoms with Gasteiger partial charge in [0.25, 0.3) is 0 Å². The maximum atomic E-state index is 14.2. The summed E-state index contributed by atoms with van der Waals surface area (Å²) in [7, 11) is 0. The SMILES string of the molecule is CC1CC(=O)Nc2cc(N3CCNCC3)cc(F)c2O1. The maximum absolute atomic E-state index is 14.2. The number of hydrogen-bond donors (Lipinski definition) is 2. The molecule has 1 unspecified atom stereocenters. The van der Waals surface area contributed by atoms with Gasteiger partial charge in [-0.25, -0.2) is 4.39 Å². The highest BCUT2D eigenvalue weighted by atomic mass is 19.1. The van der Waals surface area contributed by atoms with E-state index in [4.69, 9.17) is 4.74 Å². The third kappa shape index (κ3) is 2.56. The Morgan fingerprint density at radius 1 is 1.35 bits per heavy atom. The molecule has 3 rings (SSSR count). The number of anilines is 2. The van der Waals surface area contributed by atoms with Crippen LogP contribution < -0.4 is 20.3 Å². The normalized spacial score (nSPS) is 22.6. The summed E-state index contributed by atoms with van der Waals surface area (Å²) in [6.45, 7) is 5.16. The van der Waals surface area contributed by atoms with Crippen molar-refractivity contribution in [2.45, 2.75) is 19.4 Å². The lowest BCUT2D eigenvalue weighted by atomic mass is 10.2. The second-order valence-corrected chi connectivity index (χ2v) is 5.22. The Balaban J connectivity index is 1.96. The molecule has 5 nitrogen and oxygen atoms in total. The lowest BCUT2D eigenvalue weighted by Crippen LogP contribution is -2.43. The number of fused-ring (bicyclic) bond motifs is 1. The first kappa shape index (κ1) is 13.2. The fourth-order valence-corrected chi connectivity index (χ4v) is 2.60. The van der Waals surface area contributed by atoms with Crippen molar-refractivity contribution in [3.63, 3.8) is 0 Å². The van der Waals surface area contributed by atoms with E-state index >= 15 is 0 Å². The molecule has 2 aliphatic heterocycles. The van der Waals surface area contributed by atoms with Crippen molar-refractivity contribution < 1.29 is 13.9 Å². The number of piperazine rings is 1. The highest BCUT2D eigenvalue weighted by Gasteiger charge is 2.24. The first-order valence-corrected chi connectivity index (χ1v) is 6.89.